The van der Waals surface area contributed by atoms with Gasteiger partial charge in [0.2, 0.25) is 0 Å². The van der Waals surface area contributed by atoms with Crippen LogP contribution in [0.15, 0.2) is 0 Å². The molecule has 1 fully saturated rings. The van der Waals surface area contributed by atoms with E-state index in [0.717, 1.165) is 0 Å². The summed E-state index contributed by atoms with van der Waals surface area (Å²) in [5.41, 5.74) is 4.61. The first-order valence-corrected chi connectivity index (χ1v) is 2.98. The van der Waals surface area contributed by atoms with Crippen LogP contribution in [0.5, 0.6) is 0 Å². The van der Waals surface area contributed by atoms with E-state index in [0.29, 0.717) is 11.5 Å². The van der Waals surface area contributed by atoms with Gasteiger partial charge in [0.05, 0.1) is 6.04 Å². The van der Waals surface area contributed by atoms with Gasteiger partial charge in [0, 0.05) is 5.41 Å². The second kappa shape index (κ2) is 1.22. The van der Waals surface area contributed by atoms with E-state index in [-0.39, 0.29) is 0 Å². The molecule has 0 heterocycles. The SMILES string of the molecule is CC([NH3+])C1(C)CC1. The monoisotopic (exact) mass is 100 g/mol. The van der Waals surface area contributed by atoms with E-state index < -0.39 is 0 Å². The van der Waals surface area contributed by atoms with Crippen molar-refractivity contribution < 1.29 is 5.73 Å². The average Bonchev–Trinajstić information content (AvgIpc) is 2.21. The zero-order valence-corrected chi connectivity index (χ0v) is 5.20. The molecule has 0 aromatic carbocycles. The Morgan fingerprint density at radius 3 is 2.00 bits per heavy atom. The summed E-state index contributed by atoms with van der Waals surface area (Å²) in [5.74, 6) is 0. The second-order valence-corrected chi connectivity index (χ2v) is 3.06. The predicted molar refractivity (Wildman–Crippen MR) is 29.7 cm³/mol. The van der Waals surface area contributed by atoms with Crippen molar-refractivity contribution in [3.8, 4) is 0 Å². The number of hydrogen-bond donors (Lipinski definition) is 1. The number of quaternary nitrogens is 1. The van der Waals surface area contributed by atoms with Gasteiger partial charge in [0.1, 0.15) is 0 Å². The molecule has 1 aliphatic carbocycles. The van der Waals surface area contributed by atoms with Gasteiger partial charge >= 0.3 is 0 Å². The van der Waals surface area contributed by atoms with Gasteiger partial charge in [0.25, 0.3) is 0 Å². The van der Waals surface area contributed by atoms with Crippen molar-refractivity contribution in [2.75, 3.05) is 0 Å². The van der Waals surface area contributed by atoms with Crippen molar-refractivity contribution in [1.82, 2.24) is 0 Å². The molecule has 1 atom stereocenters. The lowest BCUT2D eigenvalue weighted by molar-refractivity contribution is -0.430. The fourth-order valence-electron chi connectivity index (χ4n) is 0.690. The predicted octanol–water partition coefficient (Wildman–Crippen LogP) is 0.417. The highest BCUT2D eigenvalue weighted by Gasteiger charge is 2.43. The molecule has 1 unspecified atom stereocenters. The van der Waals surface area contributed by atoms with Crippen molar-refractivity contribution >= 4 is 0 Å². The molecule has 0 amide bonds. The smallest absolute Gasteiger partial charge is 0.0869 e. The van der Waals surface area contributed by atoms with Gasteiger partial charge in [-0.3, -0.25) is 0 Å². The average molecular weight is 100 g/mol. The molecule has 42 valence electrons. The minimum atomic E-state index is 0.639. The van der Waals surface area contributed by atoms with E-state index in [4.69, 9.17) is 0 Å². The van der Waals surface area contributed by atoms with Gasteiger partial charge in [-0.2, -0.15) is 0 Å². The third-order valence-corrected chi connectivity index (χ3v) is 2.23. The minimum absolute atomic E-state index is 0.639. The topological polar surface area (TPSA) is 27.6 Å². The summed E-state index contributed by atoms with van der Waals surface area (Å²) in [7, 11) is 0. The van der Waals surface area contributed by atoms with Crippen molar-refractivity contribution in [3.63, 3.8) is 0 Å². The van der Waals surface area contributed by atoms with Gasteiger partial charge in [0.15, 0.2) is 0 Å². The first-order chi connectivity index (χ1) is 3.15. The van der Waals surface area contributed by atoms with Crippen LogP contribution >= 0.6 is 0 Å². The number of hydrogen-bond acceptors (Lipinski definition) is 0. The zero-order chi connectivity index (χ0) is 5.49. The Kier molecular flexibility index (Phi) is 0.890. The Bertz CT molecular complexity index is 72.2. The van der Waals surface area contributed by atoms with E-state index in [1.54, 1.807) is 0 Å². The Morgan fingerprint density at radius 1 is 1.57 bits per heavy atom. The first-order valence-electron chi connectivity index (χ1n) is 2.98. The maximum absolute atomic E-state index is 3.97. The van der Waals surface area contributed by atoms with Crippen LogP contribution < -0.4 is 5.73 Å². The van der Waals surface area contributed by atoms with Crippen LogP contribution in [-0.2, 0) is 0 Å². The minimum Gasteiger partial charge on any atom is -0.355 e. The normalized spacial score (nSPS) is 29.6. The van der Waals surface area contributed by atoms with Gasteiger partial charge < -0.3 is 5.73 Å². The highest BCUT2D eigenvalue weighted by molar-refractivity contribution is 4.91. The van der Waals surface area contributed by atoms with Crippen LogP contribution in [0, 0.1) is 5.41 Å². The zero-order valence-electron chi connectivity index (χ0n) is 5.20. The Balaban J connectivity index is 2.39. The quantitative estimate of drug-likeness (QED) is 0.494. The lowest BCUT2D eigenvalue weighted by Gasteiger charge is -2.06. The third-order valence-electron chi connectivity index (χ3n) is 2.23. The maximum Gasteiger partial charge on any atom is 0.0869 e. The molecule has 0 radical (unpaired) electrons. The van der Waals surface area contributed by atoms with Crippen LogP contribution in [0.3, 0.4) is 0 Å². The molecule has 0 aliphatic heterocycles. The van der Waals surface area contributed by atoms with Crippen molar-refractivity contribution in [2.45, 2.75) is 32.7 Å². The van der Waals surface area contributed by atoms with Crippen LogP contribution in [-0.4, -0.2) is 6.04 Å². The van der Waals surface area contributed by atoms with Gasteiger partial charge in [-0.1, -0.05) is 6.92 Å². The van der Waals surface area contributed by atoms with E-state index in [2.05, 4.69) is 19.6 Å². The van der Waals surface area contributed by atoms with Crippen molar-refractivity contribution in [3.05, 3.63) is 0 Å². The lowest BCUT2D eigenvalue weighted by Crippen LogP contribution is -2.62. The van der Waals surface area contributed by atoms with Crippen LogP contribution in [0.1, 0.15) is 26.7 Å². The highest BCUT2D eigenvalue weighted by atomic mass is 14.7. The summed E-state index contributed by atoms with van der Waals surface area (Å²) >= 11 is 0. The van der Waals surface area contributed by atoms with Crippen LogP contribution in [0.2, 0.25) is 0 Å². The molecule has 3 N–H and O–H groups in total. The molecule has 0 bridgehead atoms. The molecular weight excluding hydrogens is 86.1 g/mol. The summed E-state index contributed by atoms with van der Waals surface area (Å²) in [6, 6.07) is 0.660. The molecular formula is C6H14N+. The molecule has 1 rings (SSSR count). The third kappa shape index (κ3) is 0.778. The standard InChI is InChI=1S/C6H13N/c1-5(7)6(2)3-4-6/h5H,3-4,7H2,1-2H3/p+1. The first kappa shape index (κ1) is 5.10. The molecule has 0 aromatic rings. The van der Waals surface area contributed by atoms with Gasteiger partial charge in [-0.15, -0.1) is 0 Å². The van der Waals surface area contributed by atoms with Crippen LogP contribution in [0.4, 0.5) is 0 Å². The molecule has 0 aromatic heterocycles. The second-order valence-electron chi connectivity index (χ2n) is 3.06. The summed E-state index contributed by atoms with van der Waals surface area (Å²) in [5, 5.41) is 0. The highest BCUT2D eigenvalue weighted by Crippen LogP contribution is 2.46. The lowest BCUT2D eigenvalue weighted by atomic mass is 10.0. The van der Waals surface area contributed by atoms with Crippen LogP contribution in [0.25, 0.3) is 0 Å². The van der Waals surface area contributed by atoms with Gasteiger partial charge in [-0.25, -0.2) is 0 Å². The molecule has 1 nitrogen and oxygen atoms in total. The largest absolute Gasteiger partial charge is 0.355 e. The van der Waals surface area contributed by atoms with E-state index in [1.165, 1.54) is 12.8 Å². The molecule has 0 spiro atoms. The van der Waals surface area contributed by atoms with Crippen molar-refractivity contribution in [1.29, 1.82) is 0 Å². The van der Waals surface area contributed by atoms with E-state index >= 15 is 0 Å². The van der Waals surface area contributed by atoms with E-state index in [9.17, 15) is 0 Å². The Morgan fingerprint density at radius 2 is 2.00 bits per heavy atom. The van der Waals surface area contributed by atoms with Crippen molar-refractivity contribution in [2.24, 2.45) is 5.41 Å². The fourth-order valence-corrected chi connectivity index (χ4v) is 0.690. The molecule has 1 heteroatoms. The summed E-state index contributed by atoms with van der Waals surface area (Å²) < 4.78 is 0. The Hall–Kier alpha value is -0.0400. The maximum atomic E-state index is 3.97. The summed E-state index contributed by atoms with van der Waals surface area (Å²) in [6.07, 6.45) is 2.80. The van der Waals surface area contributed by atoms with E-state index in [1.807, 2.05) is 0 Å². The molecule has 1 saturated carbocycles. The molecule has 1 aliphatic rings. The number of rotatable bonds is 1. The Labute approximate surface area is 44.9 Å². The van der Waals surface area contributed by atoms with Gasteiger partial charge in [-0.05, 0) is 19.8 Å². The fraction of sp³-hybridized carbons (Fsp3) is 1.00. The summed E-state index contributed by atoms with van der Waals surface area (Å²) in [6.45, 7) is 4.51. The summed E-state index contributed by atoms with van der Waals surface area (Å²) in [4.78, 5) is 0. The molecule has 7 heavy (non-hydrogen) atoms. The molecule has 0 saturated heterocycles.